The highest BCUT2D eigenvalue weighted by Crippen LogP contribution is 2.18. The number of carbonyl (C=O) groups is 1. The lowest BCUT2D eigenvalue weighted by atomic mass is 10.0. The van der Waals surface area contributed by atoms with E-state index in [1.165, 1.54) is 16.7 Å². The summed E-state index contributed by atoms with van der Waals surface area (Å²) in [4.78, 5) is 27.6. The summed E-state index contributed by atoms with van der Waals surface area (Å²) in [7, 11) is 0. The Morgan fingerprint density at radius 3 is 2.30 bits per heavy atom. The van der Waals surface area contributed by atoms with E-state index in [0.29, 0.717) is 16.7 Å². The molecule has 0 atom stereocenters. The van der Waals surface area contributed by atoms with Crippen LogP contribution in [0.15, 0.2) is 29.1 Å². The predicted molar refractivity (Wildman–Crippen MR) is 76.7 cm³/mol. The van der Waals surface area contributed by atoms with Crippen LogP contribution in [0.3, 0.4) is 0 Å². The minimum Gasteiger partial charge on any atom is -0.325 e. The van der Waals surface area contributed by atoms with Gasteiger partial charge < -0.3 is 10.6 Å². The fraction of sp³-hybridized carbons (Fsp3) is 0.429. The molecule has 0 bridgehead atoms. The van der Waals surface area contributed by atoms with Gasteiger partial charge in [0.15, 0.2) is 0 Å². The second kappa shape index (κ2) is 5.73. The maximum atomic E-state index is 12.4. The summed E-state index contributed by atoms with van der Waals surface area (Å²) in [5.41, 5.74) is 4.87. The fourth-order valence-corrected chi connectivity index (χ4v) is 2.02. The number of imidazole rings is 1. The summed E-state index contributed by atoms with van der Waals surface area (Å²) in [6, 6.07) is 6.10. The quantitative estimate of drug-likeness (QED) is 0.920. The summed E-state index contributed by atoms with van der Waals surface area (Å²) in [6.45, 7) is 3.71. The van der Waals surface area contributed by atoms with Gasteiger partial charge >= 0.3 is 17.8 Å². The summed E-state index contributed by atoms with van der Waals surface area (Å²) < 4.78 is 38.7. The molecule has 2 N–H and O–H groups in total. The van der Waals surface area contributed by atoms with E-state index in [0.717, 1.165) is 0 Å². The Hall–Kier alpha value is -2.29. The first-order valence-electron chi connectivity index (χ1n) is 6.79. The molecule has 1 aromatic heterocycles. The van der Waals surface area contributed by atoms with Gasteiger partial charge in [-0.3, -0.25) is 4.57 Å². The van der Waals surface area contributed by atoms with Crippen molar-refractivity contribution < 1.29 is 22.8 Å². The average molecular weight is 331 g/mol. The summed E-state index contributed by atoms with van der Waals surface area (Å²) in [5, 5.41) is 0. The number of halogens is 3. The first-order valence-corrected chi connectivity index (χ1v) is 6.79. The molecule has 9 heteroatoms. The molecule has 0 aliphatic rings. The number of nitrogens with zero attached hydrogens (tertiary/aromatic N) is 2. The fourth-order valence-electron chi connectivity index (χ4n) is 2.02. The van der Waals surface area contributed by atoms with Crippen LogP contribution in [0.5, 0.6) is 0 Å². The Balaban J connectivity index is 2.48. The van der Waals surface area contributed by atoms with Crippen molar-refractivity contribution in [1.29, 1.82) is 0 Å². The van der Waals surface area contributed by atoms with E-state index >= 15 is 0 Å². The van der Waals surface area contributed by atoms with Gasteiger partial charge in [-0.1, -0.05) is 12.1 Å². The maximum Gasteiger partial charge on any atom is 0.493 e. The number of hydrogen-bond acceptors (Lipinski definition) is 4. The smallest absolute Gasteiger partial charge is 0.325 e. The van der Waals surface area contributed by atoms with Crippen LogP contribution in [0.25, 0.3) is 11.0 Å². The third-order valence-corrected chi connectivity index (χ3v) is 3.18. The number of alkyl halides is 3. The van der Waals surface area contributed by atoms with Gasteiger partial charge in [0.25, 0.3) is 0 Å². The van der Waals surface area contributed by atoms with Gasteiger partial charge in [-0.25, -0.2) is 9.59 Å². The van der Waals surface area contributed by atoms with Crippen LogP contribution < -0.4 is 16.3 Å². The average Bonchev–Trinajstić information content (AvgIpc) is 2.68. The molecule has 0 spiro atoms. The zero-order valence-electron chi connectivity index (χ0n) is 12.6. The standard InChI is InChI=1S/C14H16F3N3O3/c1-13(2,18)7-8-19-9-5-3-4-6-10(9)20(12(19)22)23-11(21)14(15,16)17/h3-6H,7-8,18H2,1-2H3. The summed E-state index contributed by atoms with van der Waals surface area (Å²) >= 11 is 0. The highest BCUT2D eigenvalue weighted by atomic mass is 19.4. The van der Waals surface area contributed by atoms with Gasteiger partial charge in [-0.15, -0.1) is 4.73 Å². The number of para-hydroxylation sites is 2. The molecule has 2 rings (SSSR count). The Bertz CT molecular complexity index is 784. The van der Waals surface area contributed by atoms with Crippen molar-refractivity contribution in [2.45, 2.75) is 38.5 Å². The molecule has 0 aliphatic carbocycles. The topological polar surface area (TPSA) is 79.2 Å². The summed E-state index contributed by atoms with van der Waals surface area (Å²) in [6.07, 6.45) is -4.78. The van der Waals surface area contributed by atoms with Crippen LogP contribution in [0, 0.1) is 0 Å². The van der Waals surface area contributed by atoms with E-state index < -0.39 is 23.4 Å². The molecule has 1 heterocycles. The number of nitrogens with two attached hydrogens (primary N) is 1. The predicted octanol–water partition coefficient (Wildman–Crippen LogP) is 1.45. The number of rotatable bonds is 4. The van der Waals surface area contributed by atoms with Gasteiger partial charge in [0.1, 0.15) is 5.52 Å². The van der Waals surface area contributed by atoms with Crippen molar-refractivity contribution in [3.8, 4) is 0 Å². The van der Waals surface area contributed by atoms with Crippen LogP contribution in [0.2, 0.25) is 0 Å². The van der Waals surface area contributed by atoms with Crippen LogP contribution in [0.1, 0.15) is 20.3 Å². The highest BCUT2D eigenvalue weighted by Gasteiger charge is 2.42. The second-order valence-electron chi connectivity index (χ2n) is 5.83. The van der Waals surface area contributed by atoms with Crippen molar-refractivity contribution in [3.63, 3.8) is 0 Å². The second-order valence-corrected chi connectivity index (χ2v) is 5.83. The molecule has 0 radical (unpaired) electrons. The third-order valence-electron chi connectivity index (χ3n) is 3.18. The van der Waals surface area contributed by atoms with Crippen LogP contribution in [0.4, 0.5) is 13.2 Å². The van der Waals surface area contributed by atoms with Crippen molar-refractivity contribution >= 4 is 17.0 Å². The first-order chi connectivity index (χ1) is 10.5. The van der Waals surface area contributed by atoms with Crippen molar-refractivity contribution in [3.05, 3.63) is 34.7 Å². The van der Waals surface area contributed by atoms with E-state index in [4.69, 9.17) is 5.73 Å². The Morgan fingerprint density at radius 1 is 1.22 bits per heavy atom. The SMILES string of the molecule is CC(C)(N)CCn1c(=O)n(OC(=O)C(F)(F)F)c2ccccc21. The zero-order valence-corrected chi connectivity index (χ0v) is 12.6. The van der Waals surface area contributed by atoms with Gasteiger partial charge in [0.05, 0.1) is 5.52 Å². The first kappa shape index (κ1) is 17.1. The molecule has 0 saturated carbocycles. The van der Waals surface area contributed by atoms with Crippen molar-refractivity contribution in [2.24, 2.45) is 5.73 Å². The molecule has 1 aromatic carbocycles. The molecule has 0 saturated heterocycles. The van der Waals surface area contributed by atoms with E-state index in [9.17, 15) is 22.8 Å². The van der Waals surface area contributed by atoms with Gasteiger partial charge in [-0.05, 0) is 32.4 Å². The van der Waals surface area contributed by atoms with Crippen LogP contribution >= 0.6 is 0 Å². The van der Waals surface area contributed by atoms with E-state index in [2.05, 4.69) is 4.84 Å². The molecule has 0 amide bonds. The number of aryl methyl sites for hydroxylation is 1. The lowest BCUT2D eigenvalue weighted by molar-refractivity contribution is -0.199. The molecule has 23 heavy (non-hydrogen) atoms. The zero-order chi connectivity index (χ0) is 17.4. The van der Waals surface area contributed by atoms with E-state index in [-0.39, 0.29) is 12.1 Å². The van der Waals surface area contributed by atoms with Crippen molar-refractivity contribution in [1.82, 2.24) is 9.30 Å². The van der Waals surface area contributed by atoms with Crippen LogP contribution in [-0.4, -0.2) is 27.0 Å². The molecular formula is C14H16F3N3O3. The number of carbonyl (C=O) groups excluding carboxylic acids is 1. The molecule has 0 unspecified atom stereocenters. The molecule has 2 aromatic rings. The largest absolute Gasteiger partial charge is 0.493 e. The molecule has 0 aliphatic heterocycles. The maximum absolute atomic E-state index is 12.4. The molecule has 6 nitrogen and oxygen atoms in total. The summed E-state index contributed by atoms with van der Waals surface area (Å²) in [5.74, 6) is -2.46. The monoisotopic (exact) mass is 331 g/mol. The minimum atomic E-state index is -5.19. The Morgan fingerprint density at radius 2 is 1.78 bits per heavy atom. The van der Waals surface area contributed by atoms with Crippen LogP contribution in [-0.2, 0) is 11.3 Å². The number of benzene rings is 1. The van der Waals surface area contributed by atoms with E-state index in [1.54, 1.807) is 26.0 Å². The van der Waals surface area contributed by atoms with E-state index in [1.807, 2.05) is 0 Å². The number of aromatic nitrogens is 2. The van der Waals surface area contributed by atoms with Gasteiger partial charge in [0, 0.05) is 12.1 Å². The number of hydrogen-bond donors (Lipinski definition) is 1. The molecular weight excluding hydrogens is 315 g/mol. The van der Waals surface area contributed by atoms with Crippen molar-refractivity contribution in [2.75, 3.05) is 0 Å². The van der Waals surface area contributed by atoms with Gasteiger partial charge in [-0.2, -0.15) is 13.2 Å². The molecule has 0 fully saturated rings. The normalized spacial score (nSPS) is 12.6. The lowest BCUT2D eigenvalue weighted by Gasteiger charge is -2.18. The number of fused-ring (bicyclic) bond motifs is 1. The third kappa shape index (κ3) is 3.73. The lowest BCUT2D eigenvalue weighted by Crippen LogP contribution is -2.39. The highest BCUT2D eigenvalue weighted by molar-refractivity contribution is 5.79. The Kier molecular flexibility index (Phi) is 4.25. The van der Waals surface area contributed by atoms with Gasteiger partial charge in [0.2, 0.25) is 0 Å². The Labute approximate surface area is 129 Å². The minimum absolute atomic E-state index is 0.0740. The molecule has 126 valence electrons.